The molecule has 1 aliphatic heterocycles. The van der Waals surface area contributed by atoms with Gasteiger partial charge >= 0.3 is 6.09 Å². The van der Waals surface area contributed by atoms with Gasteiger partial charge in [0.15, 0.2) is 0 Å². The van der Waals surface area contributed by atoms with Crippen LogP contribution in [-0.4, -0.2) is 39.3 Å². The summed E-state index contributed by atoms with van der Waals surface area (Å²) in [5.74, 6) is 0.755. The van der Waals surface area contributed by atoms with Gasteiger partial charge in [0.25, 0.3) is 0 Å². The van der Waals surface area contributed by atoms with Gasteiger partial charge in [0.1, 0.15) is 11.6 Å². The minimum Gasteiger partial charge on any atom is -0.507 e. The molecule has 7 nitrogen and oxygen atoms in total. The van der Waals surface area contributed by atoms with Crippen LogP contribution in [0.4, 0.5) is 10.6 Å². The Balaban J connectivity index is 1.94. The molecular weight excluding hydrogens is 368 g/mol. The van der Waals surface area contributed by atoms with Gasteiger partial charge in [0, 0.05) is 30.8 Å². The van der Waals surface area contributed by atoms with Crippen molar-refractivity contribution in [2.45, 2.75) is 39.7 Å². The van der Waals surface area contributed by atoms with Gasteiger partial charge < -0.3 is 26.6 Å². The van der Waals surface area contributed by atoms with Gasteiger partial charge in [-0.05, 0) is 54.4 Å². The van der Waals surface area contributed by atoms with E-state index in [9.17, 15) is 15.0 Å². The third-order valence-corrected chi connectivity index (χ3v) is 6.08. The molecule has 1 aromatic heterocycles. The van der Waals surface area contributed by atoms with E-state index in [1.54, 1.807) is 18.2 Å². The topological polar surface area (TPSA) is 126 Å². The van der Waals surface area contributed by atoms with Crippen LogP contribution in [0.15, 0.2) is 30.3 Å². The fourth-order valence-electron chi connectivity index (χ4n) is 4.29. The van der Waals surface area contributed by atoms with E-state index in [1.165, 1.54) is 4.90 Å². The van der Waals surface area contributed by atoms with Crippen molar-refractivity contribution >= 4 is 11.9 Å². The number of benzene rings is 1. The third kappa shape index (κ3) is 4.45. The van der Waals surface area contributed by atoms with Crippen LogP contribution in [0.3, 0.4) is 0 Å². The van der Waals surface area contributed by atoms with E-state index in [0.29, 0.717) is 36.6 Å². The van der Waals surface area contributed by atoms with Gasteiger partial charge in [-0.3, -0.25) is 0 Å². The maximum absolute atomic E-state index is 11.4. The highest BCUT2D eigenvalue weighted by molar-refractivity contribution is 5.69. The predicted molar refractivity (Wildman–Crippen MR) is 113 cm³/mol. The number of nitrogen functional groups attached to an aromatic ring is 1. The summed E-state index contributed by atoms with van der Waals surface area (Å²) in [6, 6.07) is 8.98. The van der Waals surface area contributed by atoms with Crippen LogP contribution in [0.1, 0.15) is 37.8 Å². The van der Waals surface area contributed by atoms with E-state index < -0.39 is 6.09 Å². The van der Waals surface area contributed by atoms with Crippen molar-refractivity contribution in [1.29, 1.82) is 0 Å². The molecule has 1 atom stereocenters. The summed E-state index contributed by atoms with van der Waals surface area (Å²) >= 11 is 0. The molecule has 0 saturated carbocycles. The standard InChI is InChI=1S/C22H30N4O3/c1-22(2,15-6-5-9-26(13-15)21(28)29)11-14-10-18(25-20(24)17(14)12-23)16-7-3-4-8-19(16)27/h3-4,7-8,10,15,27H,5-6,9,11-13,23H2,1-2H3,(H2,24,25)(H,28,29). The normalized spacial score (nSPS) is 17.3. The van der Waals surface area contributed by atoms with Crippen molar-refractivity contribution in [3.63, 3.8) is 0 Å². The number of phenolic OH excluding ortho intramolecular Hbond substituents is 1. The number of aromatic nitrogens is 1. The first-order valence-electron chi connectivity index (χ1n) is 9.97. The molecular formula is C22H30N4O3. The van der Waals surface area contributed by atoms with Crippen molar-refractivity contribution in [1.82, 2.24) is 9.88 Å². The number of likely N-dealkylation sites (tertiary alicyclic amines) is 1. The monoisotopic (exact) mass is 398 g/mol. The average Bonchev–Trinajstić information content (AvgIpc) is 2.68. The molecule has 1 aromatic carbocycles. The Labute approximate surface area is 171 Å². The summed E-state index contributed by atoms with van der Waals surface area (Å²) in [6.45, 7) is 5.74. The number of nitrogens with zero attached hydrogens (tertiary/aromatic N) is 2. The van der Waals surface area contributed by atoms with Crippen LogP contribution >= 0.6 is 0 Å². The zero-order valence-corrected chi connectivity index (χ0v) is 17.1. The summed E-state index contributed by atoms with van der Waals surface area (Å²) < 4.78 is 0. The Morgan fingerprint density at radius 1 is 1.34 bits per heavy atom. The molecule has 1 aliphatic rings. The molecule has 7 heteroatoms. The lowest BCUT2D eigenvalue weighted by atomic mass is 9.70. The first kappa shape index (κ1) is 20.9. The summed E-state index contributed by atoms with van der Waals surface area (Å²) in [5, 5.41) is 19.6. The largest absolute Gasteiger partial charge is 0.507 e. The van der Waals surface area contributed by atoms with Gasteiger partial charge in [-0.25, -0.2) is 9.78 Å². The van der Waals surface area contributed by atoms with Crippen molar-refractivity contribution in [2.75, 3.05) is 18.8 Å². The van der Waals surface area contributed by atoms with Crippen molar-refractivity contribution < 1.29 is 15.0 Å². The smallest absolute Gasteiger partial charge is 0.407 e. The van der Waals surface area contributed by atoms with Gasteiger partial charge in [0.2, 0.25) is 0 Å². The highest BCUT2D eigenvalue weighted by Crippen LogP contribution is 2.39. The van der Waals surface area contributed by atoms with E-state index in [2.05, 4.69) is 18.8 Å². The number of piperidine rings is 1. The summed E-state index contributed by atoms with van der Waals surface area (Å²) in [5.41, 5.74) is 15.1. The second-order valence-electron chi connectivity index (χ2n) is 8.48. The summed E-state index contributed by atoms with van der Waals surface area (Å²) in [4.78, 5) is 17.4. The minimum atomic E-state index is -0.858. The maximum Gasteiger partial charge on any atom is 0.407 e. The highest BCUT2D eigenvalue weighted by atomic mass is 16.4. The number of rotatable bonds is 5. The number of phenols is 1. The average molecular weight is 399 g/mol. The predicted octanol–water partition coefficient (Wildman–Crippen LogP) is 3.45. The molecule has 3 rings (SSSR count). The zero-order chi connectivity index (χ0) is 21.2. The molecule has 6 N–H and O–H groups in total. The Morgan fingerprint density at radius 2 is 2.07 bits per heavy atom. The Morgan fingerprint density at radius 3 is 2.72 bits per heavy atom. The van der Waals surface area contributed by atoms with E-state index >= 15 is 0 Å². The number of carboxylic acid groups (broad SMARTS) is 1. The van der Waals surface area contributed by atoms with E-state index in [-0.39, 0.29) is 23.6 Å². The molecule has 1 fully saturated rings. The number of aromatic hydroxyl groups is 1. The molecule has 1 unspecified atom stereocenters. The van der Waals surface area contributed by atoms with Crippen molar-refractivity contribution in [2.24, 2.45) is 17.1 Å². The molecule has 2 heterocycles. The summed E-state index contributed by atoms with van der Waals surface area (Å²) in [7, 11) is 0. The SMILES string of the molecule is CC(C)(Cc1cc(-c2ccccc2O)nc(N)c1CN)C1CCCN(C(=O)O)C1. The molecule has 2 aromatic rings. The van der Waals surface area contributed by atoms with Crippen LogP contribution in [-0.2, 0) is 13.0 Å². The maximum atomic E-state index is 11.4. The molecule has 1 saturated heterocycles. The number of pyridine rings is 1. The quantitative estimate of drug-likeness (QED) is 0.611. The number of hydrogen-bond acceptors (Lipinski definition) is 5. The third-order valence-electron chi connectivity index (χ3n) is 6.08. The zero-order valence-electron chi connectivity index (χ0n) is 17.1. The second kappa shape index (κ2) is 8.29. The van der Waals surface area contributed by atoms with Crippen molar-refractivity contribution in [3.8, 4) is 17.0 Å². The summed E-state index contributed by atoms with van der Waals surface area (Å²) in [6.07, 6.45) is 1.70. The molecule has 0 bridgehead atoms. The van der Waals surface area contributed by atoms with Gasteiger partial charge in [-0.2, -0.15) is 0 Å². The van der Waals surface area contributed by atoms with Crippen LogP contribution in [0.5, 0.6) is 5.75 Å². The van der Waals surface area contributed by atoms with Crippen molar-refractivity contribution in [3.05, 3.63) is 41.5 Å². The number of carbonyl (C=O) groups is 1. The van der Waals surface area contributed by atoms with E-state index in [4.69, 9.17) is 11.5 Å². The molecule has 29 heavy (non-hydrogen) atoms. The Hall–Kier alpha value is -2.80. The molecule has 0 spiro atoms. The van der Waals surface area contributed by atoms with Gasteiger partial charge in [-0.1, -0.05) is 26.0 Å². The van der Waals surface area contributed by atoms with E-state index in [0.717, 1.165) is 24.0 Å². The first-order chi connectivity index (χ1) is 13.7. The number of nitrogens with two attached hydrogens (primary N) is 2. The molecule has 156 valence electrons. The van der Waals surface area contributed by atoms with Gasteiger partial charge in [0.05, 0.1) is 5.69 Å². The number of anilines is 1. The van der Waals surface area contributed by atoms with E-state index in [1.807, 2.05) is 12.1 Å². The minimum absolute atomic E-state index is 0.148. The number of hydrogen-bond donors (Lipinski definition) is 4. The first-order valence-corrected chi connectivity index (χ1v) is 9.97. The molecule has 1 amide bonds. The fourth-order valence-corrected chi connectivity index (χ4v) is 4.29. The number of amides is 1. The second-order valence-corrected chi connectivity index (χ2v) is 8.48. The Bertz CT molecular complexity index is 898. The highest BCUT2D eigenvalue weighted by Gasteiger charge is 2.35. The lowest BCUT2D eigenvalue weighted by molar-refractivity contribution is 0.0787. The van der Waals surface area contributed by atoms with Crippen LogP contribution in [0.2, 0.25) is 0 Å². The lowest BCUT2D eigenvalue weighted by Crippen LogP contribution is -2.44. The van der Waals surface area contributed by atoms with Crippen LogP contribution in [0.25, 0.3) is 11.3 Å². The van der Waals surface area contributed by atoms with Crippen LogP contribution in [0, 0.1) is 11.3 Å². The number of para-hydroxylation sites is 1. The Kier molecular flexibility index (Phi) is 5.98. The molecule has 0 radical (unpaired) electrons. The molecule has 0 aliphatic carbocycles. The fraction of sp³-hybridized carbons (Fsp3) is 0.455. The van der Waals surface area contributed by atoms with Crippen LogP contribution < -0.4 is 11.5 Å². The van der Waals surface area contributed by atoms with Gasteiger partial charge in [-0.15, -0.1) is 0 Å². The lowest BCUT2D eigenvalue weighted by Gasteiger charge is -2.41.